The summed E-state index contributed by atoms with van der Waals surface area (Å²) in [5.41, 5.74) is 2.23. The molecule has 2 aromatic rings. The molecule has 1 fully saturated rings. The smallest absolute Gasteiger partial charge is 0.337 e. The van der Waals surface area contributed by atoms with Gasteiger partial charge in [-0.05, 0) is 42.5 Å². The lowest BCUT2D eigenvalue weighted by molar-refractivity contribution is -0.115. The van der Waals surface area contributed by atoms with Crippen LogP contribution in [0.25, 0.3) is 0 Å². The number of hydrogen-bond donors (Lipinski definition) is 2. The van der Waals surface area contributed by atoms with Gasteiger partial charge in [-0.15, -0.1) is 0 Å². The number of benzene rings is 2. The van der Waals surface area contributed by atoms with Gasteiger partial charge in [0, 0.05) is 44.0 Å². The van der Waals surface area contributed by atoms with Crippen LogP contribution in [0.5, 0.6) is 0 Å². The summed E-state index contributed by atoms with van der Waals surface area (Å²) in [7, 11) is 0. The van der Waals surface area contributed by atoms with E-state index in [9.17, 15) is 19.1 Å². The molecule has 2 aromatic carbocycles. The average molecular weight is 371 g/mol. The van der Waals surface area contributed by atoms with Crippen molar-refractivity contribution >= 4 is 28.9 Å². The molecule has 0 bridgehead atoms. The number of carboxylic acid groups (broad SMARTS) is 1. The molecule has 1 aliphatic rings. The molecule has 142 valence electrons. The molecule has 6 nitrogen and oxygen atoms in total. The molecule has 1 amide bonds. The zero-order valence-electron chi connectivity index (χ0n) is 15.1. The first-order valence-corrected chi connectivity index (χ1v) is 8.90. The zero-order valence-corrected chi connectivity index (χ0v) is 15.1. The van der Waals surface area contributed by atoms with Crippen LogP contribution < -0.4 is 15.1 Å². The first-order chi connectivity index (χ1) is 13.0. The van der Waals surface area contributed by atoms with E-state index < -0.39 is 5.97 Å². The Labute approximate surface area is 157 Å². The van der Waals surface area contributed by atoms with Crippen molar-refractivity contribution in [3.63, 3.8) is 0 Å². The van der Waals surface area contributed by atoms with Gasteiger partial charge in [-0.25, -0.2) is 9.18 Å². The second-order valence-electron chi connectivity index (χ2n) is 6.39. The van der Waals surface area contributed by atoms with E-state index in [1.807, 2.05) is 4.90 Å². The first kappa shape index (κ1) is 18.7. The summed E-state index contributed by atoms with van der Waals surface area (Å²) >= 11 is 0. The number of aromatic carboxylic acids is 1. The zero-order chi connectivity index (χ0) is 19.4. The van der Waals surface area contributed by atoms with Crippen LogP contribution in [0.1, 0.15) is 23.7 Å². The Morgan fingerprint density at radius 3 is 2.26 bits per heavy atom. The predicted octanol–water partition coefficient (Wildman–Crippen LogP) is 3.20. The third-order valence-corrected chi connectivity index (χ3v) is 4.64. The number of anilines is 3. The van der Waals surface area contributed by atoms with E-state index in [-0.39, 0.29) is 17.3 Å². The number of carboxylic acids is 1. The molecule has 1 aliphatic heterocycles. The minimum absolute atomic E-state index is 0.160. The Hall–Kier alpha value is -3.09. The number of nitrogens with zero attached hydrogens (tertiary/aromatic N) is 2. The van der Waals surface area contributed by atoms with Gasteiger partial charge in [0.05, 0.1) is 11.3 Å². The molecule has 0 aliphatic carbocycles. The summed E-state index contributed by atoms with van der Waals surface area (Å²) in [4.78, 5) is 27.4. The van der Waals surface area contributed by atoms with E-state index in [2.05, 4.69) is 10.2 Å². The largest absolute Gasteiger partial charge is 0.478 e. The van der Waals surface area contributed by atoms with E-state index in [0.717, 1.165) is 5.69 Å². The van der Waals surface area contributed by atoms with E-state index in [4.69, 9.17) is 0 Å². The molecule has 7 heteroatoms. The van der Waals surface area contributed by atoms with E-state index in [0.29, 0.717) is 44.0 Å². The highest BCUT2D eigenvalue weighted by Crippen LogP contribution is 2.27. The van der Waals surface area contributed by atoms with Gasteiger partial charge in [0.15, 0.2) is 0 Å². The van der Waals surface area contributed by atoms with E-state index in [1.54, 1.807) is 31.2 Å². The van der Waals surface area contributed by atoms with Crippen molar-refractivity contribution in [2.75, 3.05) is 41.3 Å². The van der Waals surface area contributed by atoms with Crippen molar-refractivity contribution in [3.8, 4) is 0 Å². The number of rotatable bonds is 5. The number of piperazine rings is 1. The highest BCUT2D eigenvalue weighted by Gasteiger charge is 2.22. The van der Waals surface area contributed by atoms with Crippen LogP contribution in [0.4, 0.5) is 21.5 Å². The molecular formula is C20H22FN3O3. The van der Waals surface area contributed by atoms with Crippen molar-refractivity contribution in [3.05, 3.63) is 53.8 Å². The lowest BCUT2D eigenvalue weighted by atomic mass is 10.1. The van der Waals surface area contributed by atoms with E-state index >= 15 is 0 Å². The summed E-state index contributed by atoms with van der Waals surface area (Å²) in [5.74, 6) is -1.45. The van der Waals surface area contributed by atoms with Crippen molar-refractivity contribution in [2.45, 2.75) is 13.3 Å². The Kier molecular flexibility index (Phi) is 5.59. The van der Waals surface area contributed by atoms with Crippen LogP contribution in [0.3, 0.4) is 0 Å². The number of halogens is 1. The molecule has 0 atom stereocenters. The lowest BCUT2D eigenvalue weighted by Gasteiger charge is -2.38. The van der Waals surface area contributed by atoms with Crippen molar-refractivity contribution in [1.29, 1.82) is 0 Å². The van der Waals surface area contributed by atoms with Crippen molar-refractivity contribution < 1.29 is 19.1 Å². The standard InChI is InChI=1S/C20H22FN3O3/c1-2-19(25)22-15-5-8-18(17(13-15)20(26)27)24-11-9-23(10-12-24)16-6-3-14(21)4-7-16/h3-8,13H,2,9-12H2,1H3,(H,22,25)(H,26,27). The molecule has 1 saturated heterocycles. The topological polar surface area (TPSA) is 72.9 Å². The number of carbonyl (C=O) groups excluding carboxylic acids is 1. The predicted molar refractivity (Wildman–Crippen MR) is 103 cm³/mol. The number of amides is 1. The highest BCUT2D eigenvalue weighted by molar-refractivity contribution is 5.98. The summed E-state index contributed by atoms with van der Waals surface area (Å²) < 4.78 is 13.1. The fraction of sp³-hybridized carbons (Fsp3) is 0.300. The van der Waals surface area contributed by atoms with Gasteiger partial charge in [0.1, 0.15) is 5.82 Å². The Balaban J connectivity index is 1.74. The van der Waals surface area contributed by atoms with Gasteiger partial charge >= 0.3 is 5.97 Å². The number of hydrogen-bond acceptors (Lipinski definition) is 4. The maximum atomic E-state index is 13.1. The van der Waals surface area contributed by atoms with Gasteiger partial charge < -0.3 is 20.2 Å². The summed E-state index contributed by atoms with van der Waals surface area (Å²) in [6.07, 6.45) is 0.329. The fourth-order valence-electron chi connectivity index (χ4n) is 3.17. The molecule has 0 aromatic heterocycles. The van der Waals surface area contributed by atoms with Crippen LogP contribution in [0, 0.1) is 5.82 Å². The SMILES string of the molecule is CCC(=O)Nc1ccc(N2CCN(c3ccc(F)cc3)CC2)c(C(=O)O)c1. The molecule has 0 saturated carbocycles. The first-order valence-electron chi connectivity index (χ1n) is 8.90. The van der Waals surface area contributed by atoms with Crippen LogP contribution in [0.2, 0.25) is 0 Å². The van der Waals surface area contributed by atoms with Crippen LogP contribution in [-0.4, -0.2) is 43.2 Å². The van der Waals surface area contributed by atoms with Gasteiger partial charge in [0.25, 0.3) is 0 Å². The number of carbonyl (C=O) groups is 2. The fourth-order valence-corrected chi connectivity index (χ4v) is 3.17. The van der Waals surface area contributed by atoms with Crippen LogP contribution in [-0.2, 0) is 4.79 Å². The molecule has 0 radical (unpaired) electrons. The monoisotopic (exact) mass is 371 g/mol. The van der Waals surface area contributed by atoms with Crippen molar-refractivity contribution in [1.82, 2.24) is 0 Å². The van der Waals surface area contributed by atoms with Gasteiger partial charge in [-0.3, -0.25) is 4.79 Å². The minimum atomic E-state index is -1.03. The maximum absolute atomic E-state index is 13.1. The van der Waals surface area contributed by atoms with Crippen molar-refractivity contribution in [2.24, 2.45) is 0 Å². The molecule has 0 unspecified atom stereocenters. The normalized spacial score (nSPS) is 14.1. The Morgan fingerprint density at radius 2 is 1.67 bits per heavy atom. The molecule has 27 heavy (non-hydrogen) atoms. The molecule has 2 N–H and O–H groups in total. The minimum Gasteiger partial charge on any atom is -0.478 e. The van der Waals surface area contributed by atoms with Gasteiger partial charge in [-0.2, -0.15) is 0 Å². The second kappa shape index (κ2) is 8.07. The highest BCUT2D eigenvalue weighted by atomic mass is 19.1. The maximum Gasteiger partial charge on any atom is 0.337 e. The van der Waals surface area contributed by atoms with E-state index in [1.165, 1.54) is 18.2 Å². The Morgan fingerprint density at radius 1 is 1.04 bits per heavy atom. The summed E-state index contributed by atoms with van der Waals surface area (Å²) in [6.45, 7) is 4.46. The molecule has 1 heterocycles. The number of nitrogens with one attached hydrogen (secondary N) is 1. The third-order valence-electron chi connectivity index (χ3n) is 4.64. The van der Waals surface area contributed by atoms with Crippen LogP contribution in [0.15, 0.2) is 42.5 Å². The second-order valence-corrected chi connectivity index (χ2v) is 6.39. The summed E-state index contributed by atoms with van der Waals surface area (Å²) in [6, 6.07) is 11.3. The van der Waals surface area contributed by atoms with Crippen LogP contribution >= 0.6 is 0 Å². The Bertz CT molecular complexity index is 831. The third kappa shape index (κ3) is 4.36. The van der Waals surface area contributed by atoms with Gasteiger partial charge in [-0.1, -0.05) is 6.92 Å². The molecular weight excluding hydrogens is 349 g/mol. The van der Waals surface area contributed by atoms with Gasteiger partial charge in [0.2, 0.25) is 5.91 Å². The average Bonchev–Trinajstić information content (AvgIpc) is 2.68. The molecule has 0 spiro atoms. The quantitative estimate of drug-likeness (QED) is 0.844. The summed E-state index contributed by atoms with van der Waals surface area (Å²) in [5, 5.41) is 12.3. The molecule has 3 rings (SSSR count). The lowest BCUT2D eigenvalue weighted by Crippen LogP contribution is -2.47.